The van der Waals surface area contributed by atoms with Gasteiger partial charge in [0.15, 0.2) is 0 Å². The van der Waals surface area contributed by atoms with Gasteiger partial charge in [-0.15, -0.1) is 11.3 Å². The first-order valence-corrected chi connectivity index (χ1v) is 11.8. The Balaban J connectivity index is 1.64. The Kier molecular flexibility index (Phi) is 7.27. The minimum absolute atomic E-state index is 0.0491. The van der Waals surface area contributed by atoms with E-state index in [1.54, 1.807) is 23.6 Å². The Labute approximate surface area is 184 Å². The monoisotopic (exact) mass is 458 g/mol. The number of rotatable bonds is 8. The van der Waals surface area contributed by atoms with Crippen LogP contribution < -0.4 is 20.5 Å². The van der Waals surface area contributed by atoms with E-state index in [2.05, 4.69) is 15.6 Å². The number of carbonyl (C=O) groups excluding carboxylic acids is 2. The van der Waals surface area contributed by atoms with Crippen LogP contribution in [0.4, 0.5) is 11.4 Å². The van der Waals surface area contributed by atoms with Crippen molar-refractivity contribution < 1.29 is 18.0 Å². The lowest BCUT2D eigenvalue weighted by atomic mass is 10.2. The Morgan fingerprint density at radius 3 is 2.32 bits per heavy atom. The number of sulfonamides is 1. The summed E-state index contributed by atoms with van der Waals surface area (Å²) >= 11 is 1.07. The molecule has 2 aromatic carbocycles. The summed E-state index contributed by atoms with van der Waals surface area (Å²) in [5.74, 6) is -1.05. The highest BCUT2D eigenvalue weighted by atomic mass is 32.2. The molecule has 162 valence electrons. The van der Waals surface area contributed by atoms with E-state index in [9.17, 15) is 18.0 Å². The number of amides is 2. The van der Waals surface area contributed by atoms with E-state index in [-0.39, 0.29) is 22.0 Å². The minimum Gasteiger partial charge on any atom is -0.362 e. The number of hydrogen-bond donors (Lipinski definition) is 3. The van der Waals surface area contributed by atoms with E-state index in [1.165, 1.54) is 18.2 Å². The molecule has 0 fully saturated rings. The lowest BCUT2D eigenvalue weighted by molar-refractivity contribution is -0.120. The summed E-state index contributed by atoms with van der Waals surface area (Å²) in [4.78, 5) is 26.8. The fourth-order valence-corrected chi connectivity index (χ4v) is 4.89. The molecule has 10 heteroatoms. The third-order valence-electron chi connectivity index (χ3n) is 4.33. The first-order chi connectivity index (χ1) is 14.9. The second kappa shape index (κ2) is 10.1. The maximum Gasteiger partial charge on any atom is 0.271 e. The molecule has 3 aromatic rings. The van der Waals surface area contributed by atoms with E-state index in [0.717, 1.165) is 17.0 Å². The van der Waals surface area contributed by atoms with Crippen LogP contribution in [0.5, 0.6) is 0 Å². The standard InChI is InChI=1S/C21H22N4O4S2/c1-2-25(16-9-4-3-5-10-16)15-19(26)22-23-21(27)17-11-6-7-12-18(17)24-31(28,29)20-13-8-14-30-20/h3-14,24H,2,15H2,1H3,(H,22,26)(H,23,27). The molecule has 0 radical (unpaired) electrons. The Morgan fingerprint density at radius 1 is 0.935 bits per heavy atom. The SMILES string of the molecule is CCN(CC(=O)NNC(=O)c1ccccc1NS(=O)(=O)c1cccs1)c1ccccc1. The fourth-order valence-electron chi connectivity index (χ4n) is 2.81. The first kappa shape index (κ1) is 22.3. The molecule has 0 saturated heterocycles. The molecule has 8 nitrogen and oxygen atoms in total. The van der Waals surface area contributed by atoms with Gasteiger partial charge in [0.05, 0.1) is 17.8 Å². The molecule has 0 unspecified atom stereocenters. The molecule has 0 spiro atoms. The first-order valence-electron chi connectivity index (χ1n) is 9.45. The van der Waals surface area contributed by atoms with Gasteiger partial charge in [0, 0.05) is 12.2 Å². The largest absolute Gasteiger partial charge is 0.362 e. The average molecular weight is 459 g/mol. The van der Waals surface area contributed by atoms with E-state index in [0.29, 0.717) is 6.54 Å². The molecule has 0 bridgehead atoms. The summed E-state index contributed by atoms with van der Waals surface area (Å²) in [5, 5.41) is 1.65. The van der Waals surface area contributed by atoms with E-state index in [4.69, 9.17) is 0 Å². The van der Waals surface area contributed by atoms with Crippen molar-refractivity contribution in [2.45, 2.75) is 11.1 Å². The highest BCUT2D eigenvalue weighted by Gasteiger charge is 2.20. The van der Waals surface area contributed by atoms with Crippen molar-refractivity contribution in [1.82, 2.24) is 10.9 Å². The highest BCUT2D eigenvalue weighted by molar-refractivity contribution is 7.94. The maximum absolute atomic E-state index is 12.6. The number of nitrogens with zero attached hydrogens (tertiary/aromatic N) is 1. The van der Waals surface area contributed by atoms with Crippen LogP contribution in [-0.2, 0) is 14.8 Å². The summed E-state index contributed by atoms with van der Waals surface area (Å²) in [6.45, 7) is 2.58. The van der Waals surface area contributed by atoms with Gasteiger partial charge >= 0.3 is 0 Å². The summed E-state index contributed by atoms with van der Waals surface area (Å²) in [7, 11) is -3.81. The molecule has 31 heavy (non-hydrogen) atoms. The van der Waals surface area contributed by atoms with Gasteiger partial charge in [0.25, 0.3) is 21.8 Å². The maximum atomic E-state index is 12.6. The molecule has 1 aromatic heterocycles. The zero-order valence-electron chi connectivity index (χ0n) is 16.7. The number of hydrogen-bond acceptors (Lipinski definition) is 6. The zero-order valence-corrected chi connectivity index (χ0v) is 18.4. The molecular formula is C21H22N4O4S2. The van der Waals surface area contributed by atoms with Gasteiger partial charge in [-0.3, -0.25) is 25.2 Å². The summed E-state index contributed by atoms with van der Waals surface area (Å²) in [6.07, 6.45) is 0. The number of carbonyl (C=O) groups is 2. The molecule has 0 aliphatic carbocycles. The van der Waals surface area contributed by atoms with Crippen LogP contribution in [0, 0.1) is 0 Å². The van der Waals surface area contributed by atoms with Crippen molar-refractivity contribution in [2.24, 2.45) is 0 Å². The number of anilines is 2. The molecule has 0 aliphatic rings. The van der Waals surface area contributed by atoms with E-state index >= 15 is 0 Å². The second-order valence-electron chi connectivity index (χ2n) is 6.44. The van der Waals surface area contributed by atoms with Gasteiger partial charge in [-0.25, -0.2) is 8.42 Å². The molecule has 3 rings (SSSR count). The summed E-state index contributed by atoms with van der Waals surface area (Å²) in [6, 6.07) is 18.7. The Bertz CT molecular complexity index is 1130. The number of nitrogens with one attached hydrogen (secondary N) is 3. The van der Waals surface area contributed by atoms with E-state index in [1.807, 2.05) is 42.2 Å². The van der Waals surface area contributed by atoms with E-state index < -0.39 is 21.8 Å². The highest BCUT2D eigenvalue weighted by Crippen LogP contribution is 2.22. The summed E-state index contributed by atoms with van der Waals surface area (Å²) < 4.78 is 27.5. The lowest BCUT2D eigenvalue weighted by Crippen LogP contribution is -2.46. The zero-order chi connectivity index (χ0) is 22.3. The lowest BCUT2D eigenvalue weighted by Gasteiger charge is -2.22. The fraction of sp³-hybridized carbons (Fsp3) is 0.143. The van der Waals surface area contributed by atoms with Crippen LogP contribution >= 0.6 is 11.3 Å². The van der Waals surface area contributed by atoms with Gasteiger partial charge in [0.2, 0.25) is 0 Å². The van der Waals surface area contributed by atoms with Crippen LogP contribution in [0.3, 0.4) is 0 Å². The molecule has 0 saturated carbocycles. The summed E-state index contributed by atoms with van der Waals surface area (Å²) in [5.41, 5.74) is 5.80. The van der Waals surface area contributed by atoms with Crippen molar-refractivity contribution in [1.29, 1.82) is 0 Å². The predicted molar refractivity (Wildman–Crippen MR) is 122 cm³/mol. The molecule has 1 heterocycles. The normalized spacial score (nSPS) is 10.9. The van der Waals surface area contributed by atoms with Crippen LogP contribution in [0.1, 0.15) is 17.3 Å². The third-order valence-corrected chi connectivity index (χ3v) is 7.09. The number of hydrazine groups is 1. The van der Waals surface area contributed by atoms with Crippen molar-refractivity contribution in [3.8, 4) is 0 Å². The quantitative estimate of drug-likeness (QED) is 0.450. The number of para-hydroxylation sites is 2. The smallest absolute Gasteiger partial charge is 0.271 e. The van der Waals surface area contributed by atoms with Crippen molar-refractivity contribution >= 4 is 44.5 Å². The number of likely N-dealkylation sites (N-methyl/N-ethyl adjacent to an activating group) is 1. The molecule has 0 atom stereocenters. The van der Waals surface area contributed by atoms with Gasteiger partial charge in [-0.05, 0) is 42.6 Å². The Morgan fingerprint density at radius 2 is 1.65 bits per heavy atom. The molecule has 3 N–H and O–H groups in total. The van der Waals surface area contributed by atoms with Gasteiger partial charge in [0.1, 0.15) is 4.21 Å². The molecule has 2 amide bonds. The van der Waals surface area contributed by atoms with Gasteiger partial charge in [-0.1, -0.05) is 36.4 Å². The number of thiophene rings is 1. The molecular weight excluding hydrogens is 436 g/mol. The number of benzene rings is 2. The predicted octanol–water partition coefficient (Wildman–Crippen LogP) is 2.84. The van der Waals surface area contributed by atoms with Crippen LogP contribution in [-0.4, -0.2) is 33.3 Å². The second-order valence-corrected chi connectivity index (χ2v) is 9.29. The van der Waals surface area contributed by atoms with Crippen LogP contribution in [0.15, 0.2) is 76.3 Å². The average Bonchev–Trinajstić information content (AvgIpc) is 3.33. The minimum atomic E-state index is -3.81. The Hall–Kier alpha value is -3.37. The topological polar surface area (TPSA) is 108 Å². The van der Waals surface area contributed by atoms with Crippen molar-refractivity contribution in [3.63, 3.8) is 0 Å². The molecule has 0 aliphatic heterocycles. The van der Waals surface area contributed by atoms with Crippen LogP contribution in [0.2, 0.25) is 0 Å². The van der Waals surface area contributed by atoms with Gasteiger partial charge in [-0.2, -0.15) is 0 Å². The van der Waals surface area contributed by atoms with Crippen molar-refractivity contribution in [3.05, 3.63) is 77.7 Å². The third kappa shape index (κ3) is 5.83. The van der Waals surface area contributed by atoms with Crippen LogP contribution in [0.25, 0.3) is 0 Å². The van der Waals surface area contributed by atoms with Crippen molar-refractivity contribution in [2.75, 3.05) is 22.7 Å². The van der Waals surface area contributed by atoms with Gasteiger partial charge < -0.3 is 4.90 Å².